The first-order valence-electron chi connectivity index (χ1n) is 5.46. The van der Waals surface area contributed by atoms with Gasteiger partial charge in [0.2, 0.25) is 0 Å². The molecule has 0 amide bonds. The second-order valence-electron chi connectivity index (χ2n) is 3.97. The number of hydrogen-bond donors (Lipinski definition) is 1. The molecule has 0 saturated carbocycles. The Morgan fingerprint density at radius 2 is 1.90 bits per heavy atom. The highest BCUT2D eigenvalue weighted by Gasteiger charge is 2.28. The van der Waals surface area contributed by atoms with E-state index in [0.29, 0.717) is 15.4 Å². The predicted octanol–water partition coefficient (Wildman–Crippen LogP) is 1.77. The van der Waals surface area contributed by atoms with E-state index in [2.05, 4.69) is 0 Å². The number of carboxylic acids is 1. The number of carboxylic acid groups (broad SMARTS) is 1. The van der Waals surface area contributed by atoms with E-state index in [1.54, 1.807) is 24.3 Å². The Hall–Kier alpha value is -1.80. The average Bonchev–Trinajstić information content (AvgIpc) is 2.37. The normalized spacial score (nSPS) is 12.4. The van der Waals surface area contributed by atoms with Gasteiger partial charge in [-0.3, -0.25) is 0 Å². The molecular formula is C12H13F2NO4S. The van der Waals surface area contributed by atoms with Crippen molar-refractivity contribution in [1.82, 2.24) is 4.31 Å². The molecule has 0 aromatic heterocycles. The Labute approximate surface area is 115 Å². The standard InChI is InChI=1S/C12H13F2NO4S/c1-15(20(18,19)12(13)14)8-10-4-2-9(3-5-10)6-7-11(16)17/h2-7,12H,8H2,1H3,(H,16,17). The van der Waals surface area contributed by atoms with Gasteiger partial charge in [0.05, 0.1) is 0 Å². The number of rotatable bonds is 6. The van der Waals surface area contributed by atoms with Crippen LogP contribution in [0.1, 0.15) is 11.1 Å². The molecule has 0 unspecified atom stereocenters. The van der Waals surface area contributed by atoms with Gasteiger partial charge < -0.3 is 5.11 Å². The number of carbonyl (C=O) groups is 1. The van der Waals surface area contributed by atoms with Crippen LogP contribution in [0.5, 0.6) is 0 Å². The summed E-state index contributed by atoms with van der Waals surface area (Å²) in [7, 11) is -3.53. The molecule has 8 heteroatoms. The summed E-state index contributed by atoms with van der Waals surface area (Å²) in [4.78, 5) is 10.3. The minimum atomic E-state index is -4.60. The van der Waals surface area contributed by atoms with Crippen LogP contribution in [0.3, 0.4) is 0 Å². The minimum Gasteiger partial charge on any atom is -0.478 e. The number of halogens is 2. The van der Waals surface area contributed by atoms with Gasteiger partial charge in [-0.2, -0.15) is 13.1 Å². The number of alkyl halides is 2. The fraction of sp³-hybridized carbons (Fsp3) is 0.250. The van der Waals surface area contributed by atoms with Gasteiger partial charge in [-0.25, -0.2) is 13.2 Å². The quantitative estimate of drug-likeness (QED) is 0.813. The van der Waals surface area contributed by atoms with Crippen molar-refractivity contribution < 1.29 is 27.1 Å². The second kappa shape index (κ2) is 6.58. The zero-order chi connectivity index (χ0) is 15.3. The third kappa shape index (κ3) is 4.39. The summed E-state index contributed by atoms with van der Waals surface area (Å²) < 4.78 is 47.5. The highest BCUT2D eigenvalue weighted by molar-refractivity contribution is 7.89. The predicted molar refractivity (Wildman–Crippen MR) is 69.5 cm³/mol. The number of aliphatic carboxylic acids is 1. The molecule has 0 aliphatic rings. The maximum Gasteiger partial charge on any atom is 0.350 e. The molecule has 1 rings (SSSR count). The van der Waals surface area contributed by atoms with Gasteiger partial charge in [-0.05, 0) is 17.2 Å². The molecule has 1 aromatic carbocycles. The number of hydrogen-bond acceptors (Lipinski definition) is 3. The maximum atomic E-state index is 12.3. The molecule has 0 bridgehead atoms. The zero-order valence-corrected chi connectivity index (χ0v) is 11.3. The van der Waals surface area contributed by atoms with Gasteiger partial charge in [0.1, 0.15) is 0 Å². The van der Waals surface area contributed by atoms with Crippen LogP contribution in [-0.2, 0) is 21.4 Å². The van der Waals surface area contributed by atoms with Crippen LogP contribution in [0.4, 0.5) is 8.78 Å². The van der Waals surface area contributed by atoms with Crippen LogP contribution >= 0.6 is 0 Å². The number of nitrogens with zero attached hydrogens (tertiary/aromatic N) is 1. The van der Waals surface area contributed by atoms with E-state index in [1.165, 1.54) is 6.08 Å². The van der Waals surface area contributed by atoms with Crippen molar-refractivity contribution in [2.45, 2.75) is 12.3 Å². The van der Waals surface area contributed by atoms with Gasteiger partial charge in [0, 0.05) is 19.7 Å². The summed E-state index contributed by atoms with van der Waals surface area (Å²) in [6, 6.07) is 6.22. The van der Waals surface area contributed by atoms with Gasteiger partial charge in [0.15, 0.2) is 0 Å². The summed E-state index contributed by atoms with van der Waals surface area (Å²) in [5.41, 5.74) is 1.12. The molecule has 0 fully saturated rings. The van der Waals surface area contributed by atoms with E-state index in [-0.39, 0.29) is 6.54 Å². The summed E-state index contributed by atoms with van der Waals surface area (Å²) in [5.74, 6) is -4.54. The third-order valence-corrected chi connectivity index (χ3v) is 3.91. The largest absolute Gasteiger partial charge is 0.478 e. The molecule has 1 N–H and O–H groups in total. The minimum absolute atomic E-state index is 0.185. The zero-order valence-electron chi connectivity index (χ0n) is 10.5. The molecule has 0 spiro atoms. The Balaban J connectivity index is 2.78. The van der Waals surface area contributed by atoms with E-state index in [1.807, 2.05) is 0 Å². The van der Waals surface area contributed by atoms with Gasteiger partial charge in [0.25, 0.3) is 10.0 Å². The summed E-state index contributed by atoms with van der Waals surface area (Å²) in [6.07, 6.45) is 2.33. The van der Waals surface area contributed by atoms with Crippen molar-refractivity contribution in [1.29, 1.82) is 0 Å². The summed E-state index contributed by atoms with van der Waals surface area (Å²) in [6.45, 7) is -0.185. The maximum absolute atomic E-state index is 12.3. The summed E-state index contributed by atoms with van der Waals surface area (Å²) >= 11 is 0. The summed E-state index contributed by atoms with van der Waals surface area (Å²) in [5, 5.41) is 8.46. The van der Waals surface area contributed by atoms with Gasteiger partial charge >= 0.3 is 11.7 Å². The molecule has 0 aliphatic heterocycles. The van der Waals surface area contributed by atoms with Crippen LogP contribution in [0.2, 0.25) is 0 Å². The van der Waals surface area contributed by atoms with E-state index in [9.17, 15) is 22.0 Å². The molecule has 0 heterocycles. The smallest absolute Gasteiger partial charge is 0.350 e. The van der Waals surface area contributed by atoms with Crippen LogP contribution in [-0.4, -0.2) is 36.6 Å². The SMILES string of the molecule is CN(Cc1ccc(C=CC(=O)O)cc1)S(=O)(=O)C(F)F. The lowest BCUT2D eigenvalue weighted by atomic mass is 10.1. The Morgan fingerprint density at radius 1 is 1.35 bits per heavy atom. The van der Waals surface area contributed by atoms with Crippen molar-refractivity contribution >= 4 is 22.1 Å². The second-order valence-corrected chi connectivity index (χ2v) is 5.98. The Kier molecular flexibility index (Phi) is 5.34. The van der Waals surface area contributed by atoms with Crippen molar-refractivity contribution in [3.05, 3.63) is 41.5 Å². The first kappa shape index (κ1) is 16.3. The lowest BCUT2D eigenvalue weighted by Gasteiger charge is -2.16. The van der Waals surface area contributed by atoms with Crippen LogP contribution in [0.15, 0.2) is 30.3 Å². The highest BCUT2D eigenvalue weighted by Crippen LogP contribution is 2.14. The van der Waals surface area contributed by atoms with Crippen molar-refractivity contribution in [2.75, 3.05) is 7.05 Å². The molecule has 0 radical (unpaired) electrons. The van der Waals surface area contributed by atoms with Gasteiger partial charge in [-0.15, -0.1) is 0 Å². The Bertz CT molecular complexity index is 596. The molecular weight excluding hydrogens is 292 g/mol. The van der Waals surface area contributed by atoms with Crippen molar-refractivity contribution in [3.8, 4) is 0 Å². The van der Waals surface area contributed by atoms with E-state index in [4.69, 9.17) is 5.11 Å². The molecule has 110 valence electrons. The lowest BCUT2D eigenvalue weighted by Crippen LogP contribution is -2.31. The van der Waals surface area contributed by atoms with Gasteiger partial charge in [-0.1, -0.05) is 24.3 Å². The first-order valence-corrected chi connectivity index (χ1v) is 6.97. The molecule has 0 saturated heterocycles. The molecule has 20 heavy (non-hydrogen) atoms. The highest BCUT2D eigenvalue weighted by atomic mass is 32.2. The van der Waals surface area contributed by atoms with Crippen LogP contribution in [0, 0.1) is 0 Å². The fourth-order valence-electron chi connectivity index (χ4n) is 1.38. The van der Waals surface area contributed by atoms with Crippen molar-refractivity contribution in [3.63, 3.8) is 0 Å². The molecule has 0 atom stereocenters. The van der Waals surface area contributed by atoms with Crippen molar-refractivity contribution in [2.24, 2.45) is 0 Å². The number of sulfonamides is 1. The number of benzene rings is 1. The van der Waals surface area contributed by atoms with E-state index >= 15 is 0 Å². The topological polar surface area (TPSA) is 74.7 Å². The Morgan fingerprint density at radius 3 is 2.35 bits per heavy atom. The van der Waals surface area contributed by atoms with E-state index in [0.717, 1.165) is 13.1 Å². The molecule has 0 aliphatic carbocycles. The molecule has 5 nitrogen and oxygen atoms in total. The fourth-order valence-corrected chi connectivity index (χ4v) is 1.99. The molecule has 1 aromatic rings. The third-order valence-electron chi connectivity index (χ3n) is 2.46. The first-order chi connectivity index (χ1) is 9.23. The van der Waals surface area contributed by atoms with Crippen LogP contribution in [0.25, 0.3) is 6.08 Å². The van der Waals surface area contributed by atoms with Crippen LogP contribution < -0.4 is 0 Å². The average molecular weight is 305 g/mol. The lowest BCUT2D eigenvalue weighted by molar-refractivity contribution is -0.131. The van der Waals surface area contributed by atoms with E-state index < -0.39 is 21.8 Å². The monoisotopic (exact) mass is 305 g/mol.